The Morgan fingerprint density at radius 2 is 1.70 bits per heavy atom. The molecule has 0 aliphatic carbocycles. The molecule has 2 aromatic rings. The number of hydrogen-bond donors (Lipinski definition) is 1. The summed E-state index contributed by atoms with van der Waals surface area (Å²) in [5.41, 5.74) is 1.13. The second kappa shape index (κ2) is 12.4. The van der Waals surface area contributed by atoms with Crippen molar-refractivity contribution in [1.82, 2.24) is 9.80 Å². The lowest BCUT2D eigenvalue weighted by Gasteiger charge is -2.24. The van der Waals surface area contributed by atoms with Crippen molar-refractivity contribution >= 4 is 0 Å². The van der Waals surface area contributed by atoms with Crippen LogP contribution in [0.2, 0.25) is 0 Å². The van der Waals surface area contributed by atoms with Crippen molar-refractivity contribution in [2.75, 3.05) is 47.5 Å². The number of methoxy groups -OCH3 is 1. The Balaban J connectivity index is 1.82. The second-order valence-electron chi connectivity index (χ2n) is 7.88. The minimum absolute atomic E-state index is 0.226. The third-order valence-corrected chi connectivity index (χ3v) is 4.98. The first-order valence-electron chi connectivity index (χ1n) is 10.4. The van der Waals surface area contributed by atoms with Gasteiger partial charge in [-0.25, -0.2) is 0 Å². The molecule has 0 saturated heterocycles. The first-order chi connectivity index (χ1) is 14.4. The maximum Gasteiger partial charge on any atom is 0.161 e. The SMILES string of the molecule is COc1cc(CN(C)CCOc2ccccc2)ccc1OC[C@@H](O)CN(C)C(C)C. The molecule has 0 heterocycles. The lowest BCUT2D eigenvalue weighted by molar-refractivity contribution is 0.0668. The van der Waals surface area contributed by atoms with Crippen molar-refractivity contribution in [3.05, 3.63) is 54.1 Å². The molecule has 30 heavy (non-hydrogen) atoms. The number of likely N-dealkylation sites (N-methyl/N-ethyl adjacent to an activating group) is 2. The van der Waals surface area contributed by atoms with Gasteiger partial charge in [0, 0.05) is 25.7 Å². The first-order valence-corrected chi connectivity index (χ1v) is 10.4. The van der Waals surface area contributed by atoms with Crippen molar-refractivity contribution in [2.24, 2.45) is 0 Å². The van der Waals surface area contributed by atoms with Gasteiger partial charge in [-0.3, -0.25) is 4.90 Å². The van der Waals surface area contributed by atoms with Gasteiger partial charge in [-0.2, -0.15) is 0 Å². The molecule has 0 amide bonds. The summed E-state index contributed by atoms with van der Waals surface area (Å²) in [5.74, 6) is 2.20. The number of hydrogen-bond acceptors (Lipinski definition) is 6. The predicted octanol–water partition coefficient (Wildman–Crippen LogP) is 3.29. The van der Waals surface area contributed by atoms with Gasteiger partial charge >= 0.3 is 0 Å². The van der Waals surface area contributed by atoms with Crippen molar-refractivity contribution in [1.29, 1.82) is 0 Å². The van der Waals surface area contributed by atoms with E-state index in [9.17, 15) is 5.11 Å². The van der Waals surface area contributed by atoms with E-state index in [2.05, 4.69) is 30.7 Å². The number of para-hydroxylation sites is 1. The minimum Gasteiger partial charge on any atom is -0.493 e. The molecule has 0 unspecified atom stereocenters. The van der Waals surface area contributed by atoms with E-state index in [-0.39, 0.29) is 6.61 Å². The Kier molecular flexibility index (Phi) is 9.94. The summed E-state index contributed by atoms with van der Waals surface area (Å²) >= 11 is 0. The molecule has 2 rings (SSSR count). The van der Waals surface area contributed by atoms with E-state index in [0.29, 0.717) is 30.7 Å². The average Bonchev–Trinajstić information content (AvgIpc) is 2.73. The van der Waals surface area contributed by atoms with Crippen molar-refractivity contribution < 1.29 is 19.3 Å². The van der Waals surface area contributed by atoms with Crippen LogP contribution in [-0.2, 0) is 6.54 Å². The molecule has 6 heteroatoms. The summed E-state index contributed by atoms with van der Waals surface area (Å²) < 4.78 is 17.1. The molecular formula is C24H36N2O4. The zero-order valence-corrected chi connectivity index (χ0v) is 18.9. The third-order valence-electron chi connectivity index (χ3n) is 4.98. The van der Waals surface area contributed by atoms with Crippen LogP contribution in [0.15, 0.2) is 48.5 Å². The molecule has 2 aromatic carbocycles. The zero-order chi connectivity index (χ0) is 21.9. The summed E-state index contributed by atoms with van der Waals surface area (Å²) in [5, 5.41) is 10.2. The normalized spacial score (nSPS) is 12.4. The van der Waals surface area contributed by atoms with Crippen LogP contribution in [0.5, 0.6) is 17.2 Å². The van der Waals surface area contributed by atoms with Crippen LogP contribution in [0.1, 0.15) is 19.4 Å². The lowest BCUT2D eigenvalue weighted by atomic mass is 10.2. The summed E-state index contributed by atoms with van der Waals surface area (Å²) in [7, 11) is 5.68. The zero-order valence-electron chi connectivity index (χ0n) is 18.9. The van der Waals surface area contributed by atoms with Gasteiger partial charge in [-0.15, -0.1) is 0 Å². The van der Waals surface area contributed by atoms with Crippen LogP contribution in [0, 0.1) is 0 Å². The second-order valence-corrected chi connectivity index (χ2v) is 7.88. The maximum absolute atomic E-state index is 10.2. The van der Waals surface area contributed by atoms with Crippen LogP contribution in [0.4, 0.5) is 0 Å². The molecule has 0 radical (unpaired) electrons. The highest BCUT2D eigenvalue weighted by atomic mass is 16.5. The van der Waals surface area contributed by atoms with Crippen molar-refractivity contribution in [3.63, 3.8) is 0 Å². The number of aliphatic hydroxyl groups excluding tert-OH is 1. The smallest absolute Gasteiger partial charge is 0.161 e. The third kappa shape index (κ3) is 8.22. The molecule has 0 bridgehead atoms. The summed E-state index contributed by atoms with van der Waals surface area (Å²) in [4.78, 5) is 4.29. The van der Waals surface area contributed by atoms with E-state index >= 15 is 0 Å². The highest BCUT2D eigenvalue weighted by Gasteiger charge is 2.13. The van der Waals surface area contributed by atoms with E-state index < -0.39 is 6.10 Å². The molecule has 0 aliphatic rings. The van der Waals surface area contributed by atoms with Gasteiger partial charge in [-0.05, 0) is 57.8 Å². The average molecular weight is 417 g/mol. The fraction of sp³-hybridized carbons (Fsp3) is 0.500. The maximum atomic E-state index is 10.2. The van der Waals surface area contributed by atoms with Crippen LogP contribution in [0.3, 0.4) is 0 Å². The molecule has 1 N–H and O–H groups in total. The molecule has 0 spiro atoms. The Labute approximate surface area is 181 Å². The lowest BCUT2D eigenvalue weighted by Crippen LogP contribution is -2.36. The quantitative estimate of drug-likeness (QED) is 0.541. The monoisotopic (exact) mass is 416 g/mol. The number of benzene rings is 2. The highest BCUT2D eigenvalue weighted by molar-refractivity contribution is 5.43. The van der Waals surface area contributed by atoms with Gasteiger partial charge < -0.3 is 24.2 Å². The fourth-order valence-electron chi connectivity index (χ4n) is 2.94. The number of ether oxygens (including phenoxy) is 3. The van der Waals surface area contributed by atoms with Gasteiger partial charge in [0.25, 0.3) is 0 Å². The van der Waals surface area contributed by atoms with Gasteiger partial charge in [0.15, 0.2) is 11.5 Å². The minimum atomic E-state index is -0.558. The van der Waals surface area contributed by atoms with Gasteiger partial charge in [-0.1, -0.05) is 24.3 Å². The standard InChI is InChI=1S/C24H36N2O4/c1-19(2)26(4)17-21(27)18-30-23-12-11-20(15-24(23)28-5)16-25(3)13-14-29-22-9-7-6-8-10-22/h6-12,15,19,21,27H,13-14,16-18H2,1-5H3/t21-/m0/s1. The van der Waals surface area contributed by atoms with Crippen LogP contribution in [0.25, 0.3) is 0 Å². The Morgan fingerprint density at radius 1 is 0.967 bits per heavy atom. The van der Waals surface area contributed by atoms with Gasteiger partial charge in [0.1, 0.15) is 25.1 Å². The van der Waals surface area contributed by atoms with E-state index in [1.54, 1.807) is 7.11 Å². The molecule has 1 atom stereocenters. The Hall–Kier alpha value is -2.28. The molecule has 166 valence electrons. The topological polar surface area (TPSA) is 54.4 Å². The molecule has 0 aromatic heterocycles. The number of nitrogens with zero attached hydrogens (tertiary/aromatic N) is 2. The molecule has 0 fully saturated rings. The van der Waals surface area contributed by atoms with E-state index in [0.717, 1.165) is 24.4 Å². The van der Waals surface area contributed by atoms with E-state index in [1.165, 1.54) is 0 Å². The number of aliphatic hydroxyl groups is 1. The van der Waals surface area contributed by atoms with Crippen molar-refractivity contribution in [3.8, 4) is 17.2 Å². The predicted molar refractivity (Wildman–Crippen MR) is 121 cm³/mol. The Bertz CT molecular complexity index is 739. The molecule has 6 nitrogen and oxygen atoms in total. The van der Waals surface area contributed by atoms with Crippen LogP contribution in [-0.4, -0.2) is 74.6 Å². The Morgan fingerprint density at radius 3 is 2.37 bits per heavy atom. The summed E-state index contributed by atoms with van der Waals surface area (Å²) in [6, 6.07) is 16.1. The highest BCUT2D eigenvalue weighted by Crippen LogP contribution is 2.28. The largest absolute Gasteiger partial charge is 0.493 e. The van der Waals surface area contributed by atoms with Crippen LogP contribution < -0.4 is 14.2 Å². The fourth-order valence-corrected chi connectivity index (χ4v) is 2.94. The molecular weight excluding hydrogens is 380 g/mol. The van der Waals surface area contributed by atoms with Gasteiger partial charge in [0.2, 0.25) is 0 Å². The summed E-state index contributed by atoms with van der Waals surface area (Å²) in [6.07, 6.45) is -0.558. The first kappa shape index (κ1) is 24.0. The summed E-state index contributed by atoms with van der Waals surface area (Å²) in [6.45, 7) is 7.20. The van der Waals surface area contributed by atoms with Gasteiger partial charge in [0.05, 0.1) is 7.11 Å². The van der Waals surface area contributed by atoms with Crippen LogP contribution >= 0.6 is 0 Å². The van der Waals surface area contributed by atoms with Crippen molar-refractivity contribution in [2.45, 2.75) is 32.5 Å². The molecule has 0 saturated carbocycles. The van der Waals surface area contributed by atoms with E-state index in [1.807, 2.05) is 55.6 Å². The number of rotatable bonds is 13. The van der Waals surface area contributed by atoms with E-state index in [4.69, 9.17) is 14.2 Å². The molecule has 0 aliphatic heterocycles.